The van der Waals surface area contributed by atoms with Gasteiger partial charge in [-0.2, -0.15) is 5.10 Å². The van der Waals surface area contributed by atoms with Crippen molar-refractivity contribution in [3.8, 4) is 5.69 Å². The zero-order valence-corrected chi connectivity index (χ0v) is 15.2. The van der Waals surface area contributed by atoms with Gasteiger partial charge in [-0.3, -0.25) is 10.1 Å². The highest BCUT2D eigenvalue weighted by Crippen LogP contribution is 2.35. The summed E-state index contributed by atoms with van der Waals surface area (Å²) in [6.45, 7) is 7.28. The third kappa shape index (κ3) is 3.25. The number of aromatic nitrogens is 2. The zero-order valence-electron chi connectivity index (χ0n) is 15.2. The quantitative estimate of drug-likeness (QED) is 0.629. The second-order valence-corrected chi connectivity index (χ2v) is 6.75. The summed E-state index contributed by atoms with van der Waals surface area (Å²) in [5, 5.41) is 19.7. The maximum absolute atomic E-state index is 11.2. The van der Waals surface area contributed by atoms with E-state index < -0.39 is 0 Å². The van der Waals surface area contributed by atoms with Gasteiger partial charge in [0.15, 0.2) is 0 Å². The van der Waals surface area contributed by atoms with E-state index in [1.807, 2.05) is 11.6 Å². The zero-order chi connectivity index (χ0) is 18.0. The van der Waals surface area contributed by atoms with Crippen LogP contribution in [0, 0.1) is 17.0 Å². The number of benzene rings is 1. The number of nitro benzene ring substituents is 1. The second kappa shape index (κ2) is 7.25. The standard InChI is InChI=1S/C19H26N4O2/c1-4-14(5-2)18-16-8-6-7-11-20-19(16)22(21-18)17-12-15(23(24)25)10-9-13(17)3/h9-10,12,14,20H,4-8,11H2,1-3H3. The molecule has 0 saturated heterocycles. The third-order valence-electron chi connectivity index (χ3n) is 5.16. The summed E-state index contributed by atoms with van der Waals surface area (Å²) >= 11 is 0. The minimum absolute atomic E-state index is 0.0996. The molecule has 1 aliphatic rings. The van der Waals surface area contributed by atoms with E-state index in [9.17, 15) is 10.1 Å². The van der Waals surface area contributed by atoms with E-state index in [0.717, 1.165) is 61.4 Å². The molecule has 0 unspecified atom stereocenters. The molecule has 0 saturated carbocycles. The minimum Gasteiger partial charge on any atom is -0.370 e. The lowest BCUT2D eigenvalue weighted by Crippen LogP contribution is -2.09. The van der Waals surface area contributed by atoms with Crippen LogP contribution in [-0.4, -0.2) is 21.2 Å². The summed E-state index contributed by atoms with van der Waals surface area (Å²) in [6.07, 6.45) is 5.39. The monoisotopic (exact) mass is 342 g/mol. The molecule has 1 aliphatic heterocycles. The maximum Gasteiger partial charge on any atom is 0.271 e. The topological polar surface area (TPSA) is 73.0 Å². The van der Waals surface area contributed by atoms with Gasteiger partial charge >= 0.3 is 0 Å². The summed E-state index contributed by atoms with van der Waals surface area (Å²) in [5.41, 5.74) is 4.31. The minimum atomic E-state index is -0.347. The Kier molecular flexibility index (Phi) is 5.06. The van der Waals surface area contributed by atoms with Gasteiger partial charge in [-0.1, -0.05) is 19.9 Å². The molecule has 0 atom stereocenters. The predicted molar refractivity (Wildman–Crippen MR) is 99.7 cm³/mol. The SMILES string of the molecule is CCC(CC)c1nn(-c2cc([N+](=O)[O-])ccc2C)c2c1CCCCN2. The number of fused-ring (bicyclic) bond motifs is 1. The van der Waals surface area contributed by atoms with Gasteiger partial charge in [0.1, 0.15) is 5.82 Å². The number of nitro groups is 1. The fraction of sp³-hybridized carbons (Fsp3) is 0.526. The fourth-order valence-electron chi connectivity index (χ4n) is 3.65. The average molecular weight is 342 g/mol. The summed E-state index contributed by atoms with van der Waals surface area (Å²) in [4.78, 5) is 10.9. The molecule has 25 heavy (non-hydrogen) atoms. The van der Waals surface area contributed by atoms with Crippen LogP contribution in [0.3, 0.4) is 0 Å². The van der Waals surface area contributed by atoms with Crippen molar-refractivity contribution in [1.82, 2.24) is 9.78 Å². The summed E-state index contributed by atoms with van der Waals surface area (Å²) in [6, 6.07) is 4.98. The van der Waals surface area contributed by atoms with E-state index >= 15 is 0 Å². The maximum atomic E-state index is 11.2. The van der Waals surface area contributed by atoms with Crippen LogP contribution in [0.1, 0.15) is 62.3 Å². The predicted octanol–water partition coefficient (Wildman–Crippen LogP) is 4.74. The molecule has 134 valence electrons. The van der Waals surface area contributed by atoms with Crippen LogP contribution in [0.4, 0.5) is 11.5 Å². The van der Waals surface area contributed by atoms with Crippen molar-refractivity contribution < 1.29 is 4.92 Å². The first-order valence-electron chi connectivity index (χ1n) is 9.17. The Labute approximate surface area is 148 Å². The van der Waals surface area contributed by atoms with E-state index in [1.165, 1.54) is 5.56 Å². The Morgan fingerprint density at radius 3 is 2.76 bits per heavy atom. The molecule has 6 heteroatoms. The number of rotatable bonds is 5. The molecule has 6 nitrogen and oxygen atoms in total. The van der Waals surface area contributed by atoms with Crippen LogP contribution < -0.4 is 5.32 Å². The van der Waals surface area contributed by atoms with E-state index in [4.69, 9.17) is 5.10 Å². The molecule has 0 radical (unpaired) electrons. The summed E-state index contributed by atoms with van der Waals surface area (Å²) in [7, 11) is 0. The van der Waals surface area contributed by atoms with Crippen LogP contribution in [-0.2, 0) is 6.42 Å². The molecule has 2 aromatic rings. The van der Waals surface area contributed by atoms with Gasteiger partial charge in [0.05, 0.1) is 16.3 Å². The van der Waals surface area contributed by atoms with E-state index in [1.54, 1.807) is 18.2 Å². The largest absolute Gasteiger partial charge is 0.370 e. The number of hydrogen-bond acceptors (Lipinski definition) is 4. The Bertz CT molecular complexity index is 778. The van der Waals surface area contributed by atoms with Crippen molar-refractivity contribution in [2.24, 2.45) is 0 Å². The molecule has 0 spiro atoms. The molecule has 0 aliphatic carbocycles. The van der Waals surface area contributed by atoms with Crippen molar-refractivity contribution in [2.45, 2.75) is 58.8 Å². The number of nitrogens with one attached hydrogen (secondary N) is 1. The number of aryl methyl sites for hydroxylation is 1. The molecule has 0 amide bonds. The molecule has 0 bridgehead atoms. The highest BCUT2D eigenvalue weighted by Gasteiger charge is 2.25. The average Bonchev–Trinajstić information content (AvgIpc) is 2.79. The van der Waals surface area contributed by atoms with Crippen LogP contribution in [0.15, 0.2) is 18.2 Å². The Morgan fingerprint density at radius 2 is 2.08 bits per heavy atom. The van der Waals surface area contributed by atoms with Gasteiger partial charge in [0.25, 0.3) is 5.69 Å². The first kappa shape index (κ1) is 17.5. The Balaban J connectivity index is 2.20. The number of non-ortho nitro benzene ring substituents is 1. The van der Waals surface area contributed by atoms with Crippen LogP contribution in [0.25, 0.3) is 5.69 Å². The third-order valence-corrected chi connectivity index (χ3v) is 5.16. The van der Waals surface area contributed by atoms with E-state index in [0.29, 0.717) is 5.92 Å². The smallest absolute Gasteiger partial charge is 0.271 e. The van der Waals surface area contributed by atoms with Crippen molar-refractivity contribution in [2.75, 3.05) is 11.9 Å². The number of nitrogens with zero attached hydrogens (tertiary/aromatic N) is 3. The molecule has 0 fully saturated rings. The number of anilines is 1. The van der Waals surface area contributed by atoms with Crippen molar-refractivity contribution in [3.63, 3.8) is 0 Å². The lowest BCUT2D eigenvalue weighted by Gasteiger charge is -2.11. The van der Waals surface area contributed by atoms with Crippen molar-refractivity contribution >= 4 is 11.5 Å². The van der Waals surface area contributed by atoms with Crippen LogP contribution in [0.2, 0.25) is 0 Å². The fourth-order valence-corrected chi connectivity index (χ4v) is 3.65. The van der Waals surface area contributed by atoms with Crippen LogP contribution >= 0.6 is 0 Å². The van der Waals surface area contributed by atoms with Gasteiger partial charge in [-0.15, -0.1) is 0 Å². The lowest BCUT2D eigenvalue weighted by molar-refractivity contribution is -0.384. The second-order valence-electron chi connectivity index (χ2n) is 6.75. The molecule has 1 N–H and O–H groups in total. The van der Waals surface area contributed by atoms with Crippen LogP contribution in [0.5, 0.6) is 0 Å². The first-order valence-corrected chi connectivity index (χ1v) is 9.17. The molecule has 1 aromatic carbocycles. The molecule has 3 rings (SSSR count). The molecular weight excluding hydrogens is 316 g/mol. The highest BCUT2D eigenvalue weighted by atomic mass is 16.6. The number of hydrogen-bond donors (Lipinski definition) is 1. The van der Waals surface area contributed by atoms with Gasteiger partial charge in [0.2, 0.25) is 0 Å². The van der Waals surface area contributed by atoms with Gasteiger partial charge < -0.3 is 5.32 Å². The van der Waals surface area contributed by atoms with Gasteiger partial charge in [-0.05, 0) is 44.6 Å². The van der Waals surface area contributed by atoms with E-state index in [2.05, 4.69) is 19.2 Å². The Morgan fingerprint density at radius 1 is 1.32 bits per heavy atom. The molecular formula is C19H26N4O2. The first-order chi connectivity index (χ1) is 12.1. The highest BCUT2D eigenvalue weighted by molar-refractivity contribution is 5.58. The summed E-state index contributed by atoms with van der Waals surface area (Å²) < 4.78 is 1.90. The van der Waals surface area contributed by atoms with Crippen molar-refractivity contribution in [3.05, 3.63) is 45.1 Å². The molecule has 2 heterocycles. The van der Waals surface area contributed by atoms with E-state index in [-0.39, 0.29) is 10.6 Å². The lowest BCUT2D eigenvalue weighted by atomic mass is 9.94. The normalized spacial score (nSPS) is 14.1. The van der Waals surface area contributed by atoms with Crippen molar-refractivity contribution in [1.29, 1.82) is 0 Å². The molecule has 1 aromatic heterocycles. The summed E-state index contributed by atoms with van der Waals surface area (Å²) in [5.74, 6) is 1.44. The van der Waals surface area contributed by atoms with Gasteiger partial charge in [0, 0.05) is 30.2 Å². The Hall–Kier alpha value is -2.37. The van der Waals surface area contributed by atoms with Gasteiger partial charge in [-0.25, -0.2) is 4.68 Å².